The molecule has 10 nitrogen and oxygen atoms in total. The molecule has 0 radical (unpaired) electrons. The van der Waals surface area contributed by atoms with E-state index in [2.05, 4.69) is 43.5 Å². The van der Waals surface area contributed by atoms with Crippen molar-refractivity contribution in [3.63, 3.8) is 0 Å². The van der Waals surface area contributed by atoms with Gasteiger partial charge in [0, 0.05) is 0 Å². The number of ether oxygens (including phenoxy) is 2. The van der Waals surface area contributed by atoms with Gasteiger partial charge >= 0.3 is 0 Å². The number of aliphatic hydroxyl groups is 6. The summed E-state index contributed by atoms with van der Waals surface area (Å²) in [6.45, 7) is 3.58. The number of carbonyl (C=O) groups is 1. The summed E-state index contributed by atoms with van der Waals surface area (Å²) in [4.78, 5) is 13.0. The van der Waals surface area contributed by atoms with Crippen molar-refractivity contribution in [2.75, 3.05) is 13.2 Å². The van der Waals surface area contributed by atoms with Crippen LogP contribution in [0, 0.1) is 0 Å². The monoisotopic (exact) mass is 824 g/mol. The Morgan fingerprint density at radius 2 is 1.02 bits per heavy atom. The second-order valence-corrected chi connectivity index (χ2v) is 16.7. The van der Waals surface area contributed by atoms with Gasteiger partial charge < -0.3 is 45.4 Å². The summed E-state index contributed by atoms with van der Waals surface area (Å²) in [5, 5.41) is 64.7. The Labute approximate surface area is 354 Å². The van der Waals surface area contributed by atoms with Gasteiger partial charge in [0.2, 0.25) is 5.91 Å². The maximum Gasteiger partial charge on any atom is 0.249 e. The van der Waals surface area contributed by atoms with Crippen molar-refractivity contribution in [1.29, 1.82) is 0 Å². The minimum absolute atomic E-state index is 0.303. The third-order valence-electron chi connectivity index (χ3n) is 11.3. The minimum Gasteiger partial charge on any atom is -0.394 e. The lowest BCUT2D eigenvalue weighted by atomic mass is 9.99. The molecular weight excluding hydrogens is 735 g/mol. The number of nitrogens with one attached hydrogen (secondary N) is 1. The SMILES string of the molecule is CCCCCCCCC/C=C/CC/C=C/CC/C=C/C(O)C(COC1OC(CO)C(O)C(O)C1O)NC(=O)C(O)CCCCCCCCCCCCCCCCCC. The van der Waals surface area contributed by atoms with E-state index in [-0.39, 0.29) is 6.61 Å². The molecular formula is C48H89NO9. The van der Waals surface area contributed by atoms with Crippen LogP contribution in [0.5, 0.6) is 0 Å². The molecule has 1 rings (SSSR count). The molecule has 0 aromatic carbocycles. The molecule has 0 saturated carbocycles. The van der Waals surface area contributed by atoms with E-state index >= 15 is 0 Å². The minimum atomic E-state index is -1.62. The van der Waals surface area contributed by atoms with E-state index in [1.165, 1.54) is 122 Å². The molecule has 0 spiro atoms. The summed E-state index contributed by atoms with van der Waals surface area (Å²) in [6, 6.07) is -1.00. The number of unbranched alkanes of at least 4 members (excludes halogenated alkanes) is 24. The number of hydrogen-bond donors (Lipinski definition) is 7. The van der Waals surface area contributed by atoms with Crippen LogP contribution in [-0.2, 0) is 14.3 Å². The summed E-state index contributed by atoms with van der Waals surface area (Å²) in [7, 11) is 0. The van der Waals surface area contributed by atoms with Gasteiger partial charge in [-0.15, -0.1) is 0 Å². The number of hydrogen-bond acceptors (Lipinski definition) is 9. The molecule has 10 heteroatoms. The van der Waals surface area contributed by atoms with Gasteiger partial charge in [-0.25, -0.2) is 0 Å². The quantitative estimate of drug-likeness (QED) is 0.0236. The van der Waals surface area contributed by atoms with Gasteiger partial charge in [0.25, 0.3) is 0 Å². The number of rotatable bonds is 39. The van der Waals surface area contributed by atoms with Crippen LogP contribution < -0.4 is 5.32 Å². The normalized spacial score (nSPS) is 21.7. The van der Waals surface area contributed by atoms with E-state index in [1.807, 2.05) is 6.08 Å². The number of amides is 1. The predicted molar refractivity (Wildman–Crippen MR) is 236 cm³/mol. The van der Waals surface area contributed by atoms with E-state index in [0.717, 1.165) is 44.9 Å². The molecule has 340 valence electrons. The van der Waals surface area contributed by atoms with Crippen LogP contribution >= 0.6 is 0 Å². The second-order valence-electron chi connectivity index (χ2n) is 16.7. The van der Waals surface area contributed by atoms with Crippen LogP contribution in [0.15, 0.2) is 36.5 Å². The summed E-state index contributed by atoms with van der Waals surface area (Å²) >= 11 is 0. The fourth-order valence-electron chi connectivity index (χ4n) is 7.37. The zero-order chi connectivity index (χ0) is 42.5. The number of carbonyl (C=O) groups excluding carboxylic acids is 1. The van der Waals surface area contributed by atoms with Crippen molar-refractivity contribution in [2.45, 2.75) is 249 Å². The van der Waals surface area contributed by atoms with E-state index in [0.29, 0.717) is 19.3 Å². The van der Waals surface area contributed by atoms with Crippen LogP contribution in [0.2, 0.25) is 0 Å². The molecule has 0 aromatic heterocycles. The molecule has 1 saturated heterocycles. The molecule has 0 aliphatic carbocycles. The van der Waals surface area contributed by atoms with Gasteiger partial charge in [0.05, 0.1) is 25.4 Å². The van der Waals surface area contributed by atoms with Crippen molar-refractivity contribution in [3.05, 3.63) is 36.5 Å². The Kier molecular flexibility index (Phi) is 35.9. The van der Waals surface area contributed by atoms with E-state index in [9.17, 15) is 35.4 Å². The molecule has 1 aliphatic rings. The molecule has 1 fully saturated rings. The van der Waals surface area contributed by atoms with Gasteiger partial charge in [-0.05, 0) is 44.9 Å². The molecule has 58 heavy (non-hydrogen) atoms. The first-order valence-electron chi connectivity index (χ1n) is 23.8. The van der Waals surface area contributed by atoms with Crippen molar-refractivity contribution < 1.29 is 44.9 Å². The average molecular weight is 824 g/mol. The Hall–Kier alpha value is -1.63. The van der Waals surface area contributed by atoms with Gasteiger partial charge in [0.15, 0.2) is 6.29 Å². The van der Waals surface area contributed by atoms with Crippen molar-refractivity contribution in [3.8, 4) is 0 Å². The van der Waals surface area contributed by atoms with Crippen molar-refractivity contribution >= 4 is 5.91 Å². The largest absolute Gasteiger partial charge is 0.394 e. The third-order valence-corrected chi connectivity index (χ3v) is 11.3. The molecule has 8 unspecified atom stereocenters. The second kappa shape index (κ2) is 38.3. The summed E-state index contributed by atoms with van der Waals surface area (Å²) < 4.78 is 11.1. The van der Waals surface area contributed by atoms with Crippen LogP contribution in [-0.4, -0.2) is 98.7 Å². The fraction of sp³-hybridized carbons (Fsp3) is 0.854. The van der Waals surface area contributed by atoms with Crippen molar-refractivity contribution in [1.82, 2.24) is 5.32 Å². The van der Waals surface area contributed by atoms with Gasteiger partial charge in [-0.1, -0.05) is 192 Å². The van der Waals surface area contributed by atoms with Crippen LogP contribution in [0.3, 0.4) is 0 Å². The van der Waals surface area contributed by atoms with Crippen LogP contribution in [0.4, 0.5) is 0 Å². The highest BCUT2D eigenvalue weighted by Crippen LogP contribution is 2.23. The van der Waals surface area contributed by atoms with Gasteiger partial charge in [-0.2, -0.15) is 0 Å². The highest BCUT2D eigenvalue weighted by Gasteiger charge is 2.44. The van der Waals surface area contributed by atoms with E-state index in [4.69, 9.17) is 9.47 Å². The molecule has 0 aromatic rings. The third kappa shape index (κ3) is 28.0. The number of allylic oxidation sites excluding steroid dienone is 5. The highest BCUT2D eigenvalue weighted by molar-refractivity contribution is 5.80. The van der Waals surface area contributed by atoms with Gasteiger partial charge in [0.1, 0.15) is 30.5 Å². The Bertz CT molecular complexity index is 1020. The smallest absolute Gasteiger partial charge is 0.249 e. The van der Waals surface area contributed by atoms with E-state index < -0.39 is 61.5 Å². The maximum atomic E-state index is 13.0. The Balaban J connectivity index is 2.44. The number of aliphatic hydroxyl groups excluding tert-OH is 6. The molecule has 0 bridgehead atoms. The van der Waals surface area contributed by atoms with Gasteiger partial charge in [-0.3, -0.25) is 4.79 Å². The molecule has 1 amide bonds. The average Bonchev–Trinajstić information content (AvgIpc) is 3.22. The standard InChI is InChI=1S/C48H89NO9/c1-3-5-7-9-11-13-15-17-19-21-23-24-26-28-30-32-34-36-41(51)40(39-57-48-46(55)45(54)44(53)43(38-50)58-48)49-47(56)42(52)37-35-33-31-29-27-25-22-20-18-16-14-12-10-8-6-4-2/h19,21,26,28,34,36,40-46,48,50-55H,3-18,20,22-25,27,29-33,35,37-39H2,1-2H3,(H,49,56)/b21-19+,28-26+,36-34+. The predicted octanol–water partition coefficient (Wildman–Crippen LogP) is 9.03. The Morgan fingerprint density at radius 1 is 0.586 bits per heavy atom. The molecule has 1 aliphatic heterocycles. The Morgan fingerprint density at radius 3 is 1.50 bits per heavy atom. The lowest BCUT2D eigenvalue weighted by molar-refractivity contribution is -0.302. The zero-order valence-electron chi connectivity index (χ0n) is 36.9. The first kappa shape index (κ1) is 54.4. The first-order valence-corrected chi connectivity index (χ1v) is 23.8. The first-order chi connectivity index (χ1) is 28.3. The molecule has 8 atom stereocenters. The van der Waals surface area contributed by atoms with Crippen LogP contribution in [0.1, 0.15) is 200 Å². The highest BCUT2D eigenvalue weighted by atomic mass is 16.7. The van der Waals surface area contributed by atoms with Crippen LogP contribution in [0.25, 0.3) is 0 Å². The van der Waals surface area contributed by atoms with E-state index in [1.54, 1.807) is 6.08 Å². The summed E-state index contributed by atoms with van der Waals surface area (Å²) in [5.74, 6) is -0.629. The lowest BCUT2D eigenvalue weighted by Crippen LogP contribution is -2.60. The maximum absolute atomic E-state index is 13.0. The molecule has 7 N–H and O–H groups in total. The fourth-order valence-corrected chi connectivity index (χ4v) is 7.37. The topological polar surface area (TPSA) is 169 Å². The summed E-state index contributed by atoms with van der Waals surface area (Å²) in [6.07, 6.45) is 36.6. The summed E-state index contributed by atoms with van der Waals surface area (Å²) in [5.41, 5.74) is 0. The molecule has 1 heterocycles. The van der Waals surface area contributed by atoms with Crippen molar-refractivity contribution in [2.24, 2.45) is 0 Å². The zero-order valence-corrected chi connectivity index (χ0v) is 36.9. The lowest BCUT2D eigenvalue weighted by Gasteiger charge is -2.40.